The monoisotopic (exact) mass is 173 g/mol. The third-order valence-electron chi connectivity index (χ3n) is 1.37. The second-order valence-corrected chi connectivity index (χ2v) is 2.26. The molecule has 0 aromatic heterocycles. The van der Waals surface area contributed by atoms with Crippen LogP contribution in [0.3, 0.4) is 0 Å². The van der Waals surface area contributed by atoms with Crippen molar-refractivity contribution in [2.45, 2.75) is 0 Å². The molecular formula is C10H7NO2. The maximum absolute atomic E-state index is 10.7. The molecule has 0 amide bonds. The summed E-state index contributed by atoms with van der Waals surface area (Å²) in [6, 6.07) is 8.22. The number of esters is 1. The normalized spacial score (nSPS) is 8.54. The number of carbonyl (C=O) groups excluding carboxylic acids is 1. The lowest BCUT2D eigenvalue weighted by Gasteiger charge is -1.99. The summed E-state index contributed by atoms with van der Waals surface area (Å²) in [5.41, 5.74) is 0.526. The van der Waals surface area contributed by atoms with Crippen molar-refractivity contribution in [2.75, 3.05) is 0 Å². The molecule has 0 heterocycles. The topological polar surface area (TPSA) is 50.1 Å². The number of nitriles is 1. The number of benzene rings is 1. The Morgan fingerprint density at radius 2 is 2.08 bits per heavy atom. The van der Waals surface area contributed by atoms with Crippen molar-refractivity contribution in [3.8, 4) is 11.8 Å². The third-order valence-corrected chi connectivity index (χ3v) is 1.37. The fourth-order valence-electron chi connectivity index (χ4n) is 0.755. The minimum absolute atomic E-state index is 0.406. The smallest absolute Gasteiger partial charge is 0.335 e. The Kier molecular flexibility index (Phi) is 2.82. The third kappa shape index (κ3) is 2.46. The Balaban J connectivity index is 2.76. The van der Waals surface area contributed by atoms with E-state index in [2.05, 4.69) is 6.58 Å². The molecule has 1 aromatic carbocycles. The summed E-state index contributed by atoms with van der Waals surface area (Å²) in [6.45, 7) is 3.26. The Labute approximate surface area is 75.9 Å². The lowest BCUT2D eigenvalue weighted by Crippen LogP contribution is -2.02. The van der Waals surface area contributed by atoms with Gasteiger partial charge >= 0.3 is 5.97 Å². The number of hydrogen-bond donors (Lipinski definition) is 0. The zero-order valence-electron chi connectivity index (χ0n) is 6.86. The van der Waals surface area contributed by atoms with E-state index in [0.717, 1.165) is 6.08 Å². The summed E-state index contributed by atoms with van der Waals surface area (Å²) in [7, 11) is 0. The first kappa shape index (κ1) is 9.01. The average molecular weight is 173 g/mol. The predicted molar refractivity (Wildman–Crippen MR) is 47.0 cm³/mol. The maximum Gasteiger partial charge on any atom is 0.335 e. The van der Waals surface area contributed by atoms with Crippen LogP contribution in [0.1, 0.15) is 5.56 Å². The van der Waals surface area contributed by atoms with E-state index in [0.29, 0.717) is 11.3 Å². The molecule has 0 fully saturated rings. The highest BCUT2D eigenvalue weighted by Gasteiger charge is 1.98. The molecule has 3 nitrogen and oxygen atoms in total. The van der Waals surface area contributed by atoms with Crippen molar-refractivity contribution >= 4 is 5.97 Å². The second-order valence-electron chi connectivity index (χ2n) is 2.26. The molecule has 0 N–H and O–H groups in total. The largest absolute Gasteiger partial charge is 0.423 e. The molecule has 0 bridgehead atoms. The van der Waals surface area contributed by atoms with Crippen LogP contribution in [-0.2, 0) is 4.79 Å². The summed E-state index contributed by atoms with van der Waals surface area (Å²) < 4.78 is 4.80. The Morgan fingerprint density at radius 3 is 2.54 bits per heavy atom. The quantitative estimate of drug-likeness (QED) is 0.388. The van der Waals surface area contributed by atoms with Gasteiger partial charge in [0.1, 0.15) is 5.75 Å². The van der Waals surface area contributed by atoms with Crippen LogP contribution in [0.4, 0.5) is 0 Å². The van der Waals surface area contributed by atoms with Gasteiger partial charge in [0.05, 0.1) is 11.6 Å². The van der Waals surface area contributed by atoms with Gasteiger partial charge in [0.25, 0.3) is 0 Å². The average Bonchev–Trinajstić information content (AvgIpc) is 2.19. The first-order valence-electron chi connectivity index (χ1n) is 3.60. The number of nitrogens with zero attached hydrogens (tertiary/aromatic N) is 1. The van der Waals surface area contributed by atoms with Crippen LogP contribution in [0.25, 0.3) is 0 Å². The van der Waals surface area contributed by atoms with E-state index in [-0.39, 0.29) is 0 Å². The van der Waals surface area contributed by atoms with Gasteiger partial charge in [0, 0.05) is 6.08 Å². The predicted octanol–water partition coefficient (Wildman–Crippen LogP) is 1.65. The Hall–Kier alpha value is -2.08. The van der Waals surface area contributed by atoms with Crippen LogP contribution in [0.5, 0.6) is 5.75 Å². The van der Waals surface area contributed by atoms with Gasteiger partial charge in [0.2, 0.25) is 0 Å². The first-order valence-corrected chi connectivity index (χ1v) is 3.60. The summed E-state index contributed by atoms with van der Waals surface area (Å²) in [5, 5.41) is 8.48. The van der Waals surface area contributed by atoms with Crippen molar-refractivity contribution in [1.82, 2.24) is 0 Å². The molecular weight excluding hydrogens is 166 g/mol. The van der Waals surface area contributed by atoms with Crippen LogP contribution in [-0.4, -0.2) is 5.97 Å². The Bertz CT molecular complexity index is 360. The molecule has 0 saturated heterocycles. The van der Waals surface area contributed by atoms with Crippen molar-refractivity contribution in [3.63, 3.8) is 0 Å². The molecule has 64 valence electrons. The minimum atomic E-state index is -0.510. The summed E-state index contributed by atoms with van der Waals surface area (Å²) in [4.78, 5) is 10.7. The first-order chi connectivity index (χ1) is 6.26. The van der Waals surface area contributed by atoms with Crippen molar-refractivity contribution in [3.05, 3.63) is 42.5 Å². The molecule has 0 spiro atoms. The van der Waals surface area contributed by atoms with Gasteiger partial charge in [-0.2, -0.15) is 5.26 Å². The van der Waals surface area contributed by atoms with Crippen molar-refractivity contribution in [2.24, 2.45) is 0 Å². The van der Waals surface area contributed by atoms with Gasteiger partial charge in [-0.3, -0.25) is 0 Å². The number of rotatable bonds is 2. The number of hydrogen-bond acceptors (Lipinski definition) is 3. The number of carbonyl (C=O) groups is 1. The number of ether oxygens (including phenoxy) is 1. The highest BCUT2D eigenvalue weighted by Crippen LogP contribution is 2.11. The van der Waals surface area contributed by atoms with Gasteiger partial charge < -0.3 is 4.74 Å². The van der Waals surface area contributed by atoms with E-state index in [1.165, 1.54) is 0 Å². The van der Waals surface area contributed by atoms with Gasteiger partial charge in [-0.05, 0) is 24.3 Å². The van der Waals surface area contributed by atoms with Crippen molar-refractivity contribution < 1.29 is 9.53 Å². The van der Waals surface area contributed by atoms with Crippen LogP contribution in [0.15, 0.2) is 36.9 Å². The Morgan fingerprint density at radius 1 is 1.46 bits per heavy atom. The molecule has 0 radical (unpaired) electrons. The van der Waals surface area contributed by atoms with E-state index in [1.54, 1.807) is 24.3 Å². The summed E-state index contributed by atoms with van der Waals surface area (Å²) >= 11 is 0. The summed E-state index contributed by atoms with van der Waals surface area (Å²) in [5.74, 6) is -0.103. The fraction of sp³-hybridized carbons (Fsp3) is 0. The molecule has 0 aliphatic rings. The zero-order valence-corrected chi connectivity index (χ0v) is 6.86. The highest BCUT2D eigenvalue weighted by atomic mass is 16.5. The molecule has 13 heavy (non-hydrogen) atoms. The molecule has 3 heteroatoms. The van der Waals surface area contributed by atoms with Crippen molar-refractivity contribution in [1.29, 1.82) is 5.26 Å². The zero-order chi connectivity index (χ0) is 9.68. The van der Waals surface area contributed by atoms with Crippen LogP contribution in [0, 0.1) is 11.3 Å². The van der Waals surface area contributed by atoms with Gasteiger partial charge in [-0.1, -0.05) is 6.58 Å². The van der Waals surface area contributed by atoms with Gasteiger partial charge in [-0.25, -0.2) is 4.79 Å². The highest BCUT2D eigenvalue weighted by molar-refractivity contribution is 5.83. The lowest BCUT2D eigenvalue weighted by atomic mass is 10.2. The molecule has 0 saturated carbocycles. The van der Waals surface area contributed by atoms with Crippen LogP contribution < -0.4 is 4.74 Å². The van der Waals surface area contributed by atoms with E-state index in [4.69, 9.17) is 10.00 Å². The SMILES string of the molecule is C=CC(=O)Oc1ccc(C#N)cc1. The molecule has 0 unspecified atom stereocenters. The van der Waals surface area contributed by atoms with E-state index in [1.807, 2.05) is 6.07 Å². The maximum atomic E-state index is 10.7. The molecule has 0 aliphatic carbocycles. The second kappa shape index (κ2) is 4.07. The van der Waals surface area contributed by atoms with E-state index in [9.17, 15) is 4.79 Å². The van der Waals surface area contributed by atoms with Gasteiger partial charge in [0.15, 0.2) is 0 Å². The van der Waals surface area contributed by atoms with Crippen LogP contribution >= 0.6 is 0 Å². The summed E-state index contributed by atoms with van der Waals surface area (Å²) in [6.07, 6.45) is 1.08. The van der Waals surface area contributed by atoms with E-state index < -0.39 is 5.97 Å². The standard InChI is InChI=1S/C10H7NO2/c1-2-10(12)13-9-5-3-8(7-11)4-6-9/h2-6H,1H2. The molecule has 1 aromatic rings. The molecule has 1 rings (SSSR count). The minimum Gasteiger partial charge on any atom is -0.423 e. The molecule has 0 atom stereocenters. The molecule has 0 aliphatic heterocycles. The fourth-order valence-corrected chi connectivity index (χ4v) is 0.755. The lowest BCUT2D eigenvalue weighted by molar-refractivity contribution is -0.128. The van der Waals surface area contributed by atoms with Gasteiger partial charge in [-0.15, -0.1) is 0 Å². The van der Waals surface area contributed by atoms with E-state index >= 15 is 0 Å². The van der Waals surface area contributed by atoms with Crippen LogP contribution in [0.2, 0.25) is 0 Å².